The van der Waals surface area contributed by atoms with E-state index >= 15 is 0 Å². The van der Waals surface area contributed by atoms with Crippen LogP contribution < -0.4 is 10.0 Å². The molecule has 0 fully saturated rings. The Morgan fingerprint density at radius 1 is 1.56 bits per heavy atom. The molecule has 18 heavy (non-hydrogen) atoms. The molecule has 1 rings (SSSR count). The Bertz CT molecular complexity index is 546. The maximum absolute atomic E-state index is 13.1. The van der Waals surface area contributed by atoms with Gasteiger partial charge in [0.1, 0.15) is 11.1 Å². The molecule has 4 nitrogen and oxygen atoms in total. The summed E-state index contributed by atoms with van der Waals surface area (Å²) in [7, 11) is -2.37. The minimum atomic E-state index is -3.72. The van der Waals surface area contributed by atoms with E-state index in [1.54, 1.807) is 6.92 Å². The zero-order valence-electron chi connectivity index (χ0n) is 10.1. The standard InChI is InChI=1S/C11H15FN2O2S2/c1-3-10(11(13)17)18(15,16)14(2)9-6-4-5-8(12)7-9/h4-7,10H,3H2,1-2H3,(H2,13,17). The third kappa shape index (κ3) is 2.97. The SMILES string of the molecule is CCC(C(N)=S)S(=O)(=O)N(C)c1cccc(F)c1. The molecular formula is C11H15FN2O2S2. The quantitative estimate of drug-likeness (QED) is 0.838. The van der Waals surface area contributed by atoms with Crippen LogP contribution in [0.1, 0.15) is 13.3 Å². The van der Waals surface area contributed by atoms with Crippen molar-refractivity contribution in [2.75, 3.05) is 11.4 Å². The molecule has 0 heterocycles. The van der Waals surface area contributed by atoms with Crippen molar-refractivity contribution in [1.29, 1.82) is 0 Å². The molecule has 1 unspecified atom stereocenters. The van der Waals surface area contributed by atoms with E-state index < -0.39 is 21.1 Å². The van der Waals surface area contributed by atoms with E-state index in [1.165, 1.54) is 25.2 Å². The first-order valence-corrected chi connectivity index (χ1v) is 7.24. The van der Waals surface area contributed by atoms with Gasteiger partial charge in [0.25, 0.3) is 0 Å². The predicted octanol–water partition coefficient (Wildman–Crippen LogP) is 1.66. The van der Waals surface area contributed by atoms with Gasteiger partial charge in [-0.05, 0) is 24.6 Å². The molecule has 0 aliphatic rings. The lowest BCUT2D eigenvalue weighted by Crippen LogP contribution is -2.42. The Balaban J connectivity index is 3.16. The second kappa shape index (κ2) is 5.62. The molecule has 100 valence electrons. The van der Waals surface area contributed by atoms with Gasteiger partial charge in [-0.1, -0.05) is 25.2 Å². The zero-order chi connectivity index (χ0) is 13.9. The average Bonchev–Trinajstić information content (AvgIpc) is 2.27. The summed E-state index contributed by atoms with van der Waals surface area (Å²) < 4.78 is 38.6. The third-order valence-corrected chi connectivity index (χ3v) is 5.32. The van der Waals surface area contributed by atoms with Gasteiger partial charge in [0.15, 0.2) is 0 Å². The Labute approximate surface area is 112 Å². The summed E-state index contributed by atoms with van der Waals surface area (Å²) in [5.74, 6) is -0.502. The smallest absolute Gasteiger partial charge is 0.244 e. The van der Waals surface area contributed by atoms with Crippen LogP contribution in [0.5, 0.6) is 0 Å². The second-order valence-corrected chi connectivity index (χ2v) is 6.41. The van der Waals surface area contributed by atoms with Gasteiger partial charge in [-0.15, -0.1) is 0 Å². The van der Waals surface area contributed by atoms with Gasteiger partial charge in [-0.25, -0.2) is 12.8 Å². The zero-order valence-corrected chi connectivity index (χ0v) is 11.8. The van der Waals surface area contributed by atoms with Gasteiger partial charge >= 0.3 is 0 Å². The van der Waals surface area contributed by atoms with Crippen LogP contribution in [0.3, 0.4) is 0 Å². The largest absolute Gasteiger partial charge is 0.392 e. The molecule has 0 radical (unpaired) electrons. The first kappa shape index (κ1) is 14.8. The average molecular weight is 290 g/mol. The molecule has 2 N–H and O–H groups in total. The van der Waals surface area contributed by atoms with Gasteiger partial charge in [0.2, 0.25) is 10.0 Å². The summed E-state index contributed by atoms with van der Waals surface area (Å²) in [4.78, 5) is -0.0826. The van der Waals surface area contributed by atoms with E-state index in [4.69, 9.17) is 18.0 Å². The highest BCUT2D eigenvalue weighted by Crippen LogP contribution is 2.21. The molecule has 0 aromatic heterocycles. The van der Waals surface area contributed by atoms with Crippen LogP contribution in [0.15, 0.2) is 24.3 Å². The van der Waals surface area contributed by atoms with Gasteiger partial charge in [0, 0.05) is 7.05 Å². The molecule has 0 saturated heterocycles. The van der Waals surface area contributed by atoms with Crippen molar-refractivity contribution < 1.29 is 12.8 Å². The number of benzene rings is 1. The van der Waals surface area contributed by atoms with Crippen LogP contribution in [0.2, 0.25) is 0 Å². The first-order chi connectivity index (χ1) is 8.30. The maximum atomic E-state index is 13.1. The summed E-state index contributed by atoms with van der Waals surface area (Å²) in [5.41, 5.74) is 5.67. The highest BCUT2D eigenvalue weighted by Gasteiger charge is 2.31. The molecule has 7 heteroatoms. The van der Waals surface area contributed by atoms with E-state index in [2.05, 4.69) is 0 Å². The summed E-state index contributed by atoms with van der Waals surface area (Å²) in [6.07, 6.45) is 0.275. The number of nitrogens with two attached hydrogens (primary N) is 1. The first-order valence-electron chi connectivity index (χ1n) is 5.33. The van der Waals surface area contributed by atoms with Crippen LogP contribution in [0.25, 0.3) is 0 Å². The normalized spacial score (nSPS) is 13.1. The lowest BCUT2D eigenvalue weighted by molar-refractivity contribution is 0.587. The second-order valence-electron chi connectivity index (χ2n) is 3.79. The van der Waals surface area contributed by atoms with Crippen molar-refractivity contribution in [2.45, 2.75) is 18.6 Å². The van der Waals surface area contributed by atoms with Crippen LogP contribution in [0.4, 0.5) is 10.1 Å². The number of hydrogen-bond donors (Lipinski definition) is 1. The Morgan fingerprint density at radius 2 is 2.17 bits per heavy atom. The molecule has 0 aliphatic carbocycles. The van der Waals surface area contributed by atoms with Crippen molar-refractivity contribution in [3.63, 3.8) is 0 Å². The fourth-order valence-corrected chi connectivity index (χ4v) is 3.60. The molecule has 0 amide bonds. The highest BCUT2D eigenvalue weighted by atomic mass is 32.2. The van der Waals surface area contributed by atoms with E-state index in [0.29, 0.717) is 0 Å². The molecule has 0 spiro atoms. The summed E-state index contributed by atoms with van der Waals surface area (Å²) >= 11 is 4.76. The molecular weight excluding hydrogens is 275 g/mol. The van der Waals surface area contributed by atoms with Crippen LogP contribution in [0, 0.1) is 5.82 Å². The molecule has 0 bridgehead atoms. The highest BCUT2D eigenvalue weighted by molar-refractivity contribution is 7.95. The van der Waals surface area contributed by atoms with Crippen LogP contribution in [-0.2, 0) is 10.0 Å². The van der Waals surface area contributed by atoms with Crippen molar-refractivity contribution in [3.8, 4) is 0 Å². The fraction of sp³-hybridized carbons (Fsp3) is 0.364. The molecule has 1 aromatic rings. The molecule has 0 saturated carbocycles. The van der Waals surface area contributed by atoms with Crippen LogP contribution in [-0.4, -0.2) is 25.7 Å². The number of anilines is 1. The number of halogens is 1. The number of rotatable bonds is 5. The molecule has 1 aromatic carbocycles. The topological polar surface area (TPSA) is 63.4 Å². The maximum Gasteiger partial charge on any atom is 0.244 e. The monoisotopic (exact) mass is 290 g/mol. The van der Waals surface area contributed by atoms with E-state index in [0.717, 1.165) is 10.4 Å². The van der Waals surface area contributed by atoms with Crippen molar-refractivity contribution in [3.05, 3.63) is 30.1 Å². The van der Waals surface area contributed by atoms with Crippen molar-refractivity contribution in [2.24, 2.45) is 5.73 Å². The Morgan fingerprint density at radius 3 is 2.61 bits per heavy atom. The van der Waals surface area contributed by atoms with Crippen LogP contribution >= 0.6 is 12.2 Å². The van der Waals surface area contributed by atoms with Gasteiger partial charge in [-0.3, -0.25) is 4.31 Å². The van der Waals surface area contributed by atoms with E-state index in [9.17, 15) is 12.8 Å². The Hall–Kier alpha value is -1.21. The van der Waals surface area contributed by atoms with E-state index in [-0.39, 0.29) is 17.1 Å². The lowest BCUT2D eigenvalue weighted by Gasteiger charge is -2.24. The number of thiocarbonyl (C=S) groups is 1. The summed E-state index contributed by atoms with van der Waals surface area (Å²) in [6.45, 7) is 1.68. The van der Waals surface area contributed by atoms with Crippen molar-refractivity contribution in [1.82, 2.24) is 0 Å². The summed E-state index contributed by atoms with van der Waals surface area (Å²) in [5, 5.41) is -0.944. The Kier molecular flexibility index (Phi) is 4.64. The third-order valence-electron chi connectivity index (χ3n) is 2.60. The predicted molar refractivity (Wildman–Crippen MR) is 74.6 cm³/mol. The van der Waals surface area contributed by atoms with Gasteiger partial charge in [-0.2, -0.15) is 0 Å². The fourth-order valence-electron chi connectivity index (χ4n) is 1.57. The van der Waals surface area contributed by atoms with E-state index in [1.807, 2.05) is 0 Å². The minimum absolute atomic E-state index is 0.0826. The summed E-state index contributed by atoms with van der Waals surface area (Å²) in [6, 6.07) is 5.34. The number of hydrogen-bond acceptors (Lipinski definition) is 3. The molecule has 1 atom stereocenters. The van der Waals surface area contributed by atoms with Crippen molar-refractivity contribution >= 4 is 32.9 Å². The number of sulfonamides is 1. The van der Waals surface area contributed by atoms with Gasteiger partial charge < -0.3 is 5.73 Å². The lowest BCUT2D eigenvalue weighted by atomic mass is 10.3. The minimum Gasteiger partial charge on any atom is -0.392 e. The number of nitrogens with zero attached hydrogens (tertiary/aromatic N) is 1. The van der Waals surface area contributed by atoms with Gasteiger partial charge in [0.05, 0.1) is 10.7 Å². The molecule has 0 aliphatic heterocycles.